The molecule has 2 N–H and O–H groups in total. The van der Waals surface area contributed by atoms with Crippen molar-refractivity contribution < 1.29 is 19.4 Å². The van der Waals surface area contributed by atoms with Crippen LogP contribution in [0.15, 0.2) is 48.5 Å². The van der Waals surface area contributed by atoms with Gasteiger partial charge in [-0.05, 0) is 30.7 Å². The van der Waals surface area contributed by atoms with Gasteiger partial charge in [0.1, 0.15) is 12.7 Å². The zero-order chi connectivity index (χ0) is 21.3. The molecule has 3 rings (SSSR count). The first kappa shape index (κ1) is 22.1. The molecule has 1 aliphatic heterocycles. The molecular weight excluding hydrogens is 382 g/mol. The van der Waals surface area contributed by atoms with E-state index in [0.717, 1.165) is 37.4 Å². The number of carbonyl (C=O) groups excluding carboxylic acids is 1. The monoisotopic (exact) mass is 413 g/mol. The van der Waals surface area contributed by atoms with Crippen molar-refractivity contribution in [2.24, 2.45) is 0 Å². The minimum absolute atomic E-state index is 0.00277. The summed E-state index contributed by atoms with van der Waals surface area (Å²) < 4.78 is 11.0. The average Bonchev–Trinajstić information content (AvgIpc) is 2.75. The number of piperazine rings is 1. The van der Waals surface area contributed by atoms with Gasteiger partial charge >= 0.3 is 0 Å². The van der Waals surface area contributed by atoms with Crippen LogP contribution in [0.25, 0.3) is 0 Å². The molecule has 0 aromatic heterocycles. The Hall–Kier alpha value is -2.61. The molecule has 0 spiro atoms. The Bertz CT molecular complexity index is 822. The molecule has 0 radical (unpaired) electrons. The Morgan fingerprint density at radius 1 is 1.03 bits per heavy atom. The number of aryl methyl sites for hydroxylation is 1. The Morgan fingerprint density at radius 3 is 2.37 bits per heavy atom. The van der Waals surface area contributed by atoms with E-state index < -0.39 is 6.10 Å². The molecule has 2 aromatic carbocycles. The lowest BCUT2D eigenvalue weighted by Crippen LogP contribution is -2.50. The van der Waals surface area contributed by atoms with E-state index >= 15 is 0 Å². The highest BCUT2D eigenvalue weighted by Gasteiger charge is 2.21. The molecule has 1 amide bonds. The minimum atomic E-state index is -0.592. The van der Waals surface area contributed by atoms with Gasteiger partial charge in [-0.15, -0.1) is 0 Å². The molecule has 0 bridgehead atoms. The summed E-state index contributed by atoms with van der Waals surface area (Å²) in [7, 11) is 1.60. The normalized spacial score (nSPS) is 16.1. The number of aliphatic hydroxyl groups excluding tert-OH is 1. The van der Waals surface area contributed by atoms with Gasteiger partial charge in [-0.2, -0.15) is 0 Å². The number of anilines is 1. The third kappa shape index (κ3) is 6.45. The lowest BCUT2D eigenvalue weighted by atomic mass is 10.2. The molecule has 0 saturated carbocycles. The highest BCUT2D eigenvalue weighted by Crippen LogP contribution is 2.25. The lowest BCUT2D eigenvalue weighted by molar-refractivity contribution is -0.117. The zero-order valence-electron chi connectivity index (χ0n) is 17.7. The van der Waals surface area contributed by atoms with Crippen molar-refractivity contribution in [1.29, 1.82) is 0 Å². The Kier molecular flexibility index (Phi) is 8.07. The second-order valence-electron chi connectivity index (χ2n) is 7.56. The van der Waals surface area contributed by atoms with Crippen molar-refractivity contribution in [2.75, 3.05) is 58.3 Å². The first-order chi connectivity index (χ1) is 14.5. The number of rotatable bonds is 9. The predicted octanol–water partition coefficient (Wildman–Crippen LogP) is 2.00. The molecule has 0 unspecified atom stereocenters. The van der Waals surface area contributed by atoms with Gasteiger partial charge in [-0.25, -0.2) is 0 Å². The maximum atomic E-state index is 12.3. The van der Waals surface area contributed by atoms with E-state index in [-0.39, 0.29) is 12.5 Å². The minimum Gasteiger partial charge on any atom is -0.493 e. The van der Waals surface area contributed by atoms with E-state index in [0.29, 0.717) is 24.6 Å². The van der Waals surface area contributed by atoms with Crippen LogP contribution in [0.2, 0.25) is 0 Å². The zero-order valence-corrected chi connectivity index (χ0v) is 17.7. The Labute approximate surface area is 178 Å². The maximum absolute atomic E-state index is 12.3. The number of para-hydroxylation sites is 3. The third-order valence-corrected chi connectivity index (χ3v) is 5.22. The number of carbonyl (C=O) groups is 1. The summed E-state index contributed by atoms with van der Waals surface area (Å²) in [5.41, 5.74) is 1.92. The smallest absolute Gasteiger partial charge is 0.238 e. The van der Waals surface area contributed by atoms with Crippen LogP contribution >= 0.6 is 0 Å². The van der Waals surface area contributed by atoms with Crippen LogP contribution in [0.4, 0.5) is 5.69 Å². The topological polar surface area (TPSA) is 74.3 Å². The van der Waals surface area contributed by atoms with E-state index in [2.05, 4.69) is 15.1 Å². The summed E-state index contributed by atoms with van der Waals surface area (Å²) in [6, 6.07) is 15.2. The van der Waals surface area contributed by atoms with Crippen LogP contribution in [0.1, 0.15) is 5.56 Å². The Morgan fingerprint density at radius 2 is 1.67 bits per heavy atom. The van der Waals surface area contributed by atoms with Crippen molar-refractivity contribution in [1.82, 2.24) is 9.80 Å². The second-order valence-corrected chi connectivity index (χ2v) is 7.56. The van der Waals surface area contributed by atoms with Crippen molar-refractivity contribution in [2.45, 2.75) is 13.0 Å². The molecule has 1 aliphatic rings. The summed E-state index contributed by atoms with van der Waals surface area (Å²) in [5.74, 6) is 1.29. The highest BCUT2D eigenvalue weighted by atomic mass is 16.5. The lowest BCUT2D eigenvalue weighted by Gasteiger charge is -2.35. The molecule has 1 fully saturated rings. The number of nitrogens with one attached hydrogen (secondary N) is 1. The standard InChI is InChI=1S/C23H31N3O4/c1-18-7-3-4-8-20(18)24-23(28)16-26-13-11-25(12-14-26)15-19(27)17-30-22-10-6-5-9-21(22)29-2/h3-10,19,27H,11-17H2,1-2H3,(H,24,28)/t19-/m1/s1. The number of aliphatic hydroxyl groups is 1. The number of amides is 1. The van der Waals surface area contributed by atoms with E-state index in [4.69, 9.17) is 9.47 Å². The molecular formula is C23H31N3O4. The van der Waals surface area contributed by atoms with Gasteiger partial charge in [0.2, 0.25) is 5.91 Å². The van der Waals surface area contributed by atoms with E-state index in [1.807, 2.05) is 55.5 Å². The quantitative estimate of drug-likeness (QED) is 0.655. The van der Waals surface area contributed by atoms with Gasteiger partial charge < -0.3 is 19.9 Å². The Balaban J connectivity index is 1.37. The molecule has 7 nitrogen and oxygen atoms in total. The number of ether oxygens (including phenoxy) is 2. The van der Waals surface area contributed by atoms with Gasteiger partial charge in [0, 0.05) is 38.4 Å². The maximum Gasteiger partial charge on any atom is 0.238 e. The number of β-amino-alcohol motifs (C(OH)–C–C–N with tert-alkyl or cyclic N) is 1. The first-order valence-corrected chi connectivity index (χ1v) is 10.3. The fraction of sp³-hybridized carbons (Fsp3) is 0.435. The van der Waals surface area contributed by atoms with Crippen molar-refractivity contribution in [3.8, 4) is 11.5 Å². The predicted molar refractivity (Wildman–Crippen MR) is 117 cm³/mol. The SMILES string of the molecule is COc1ccccc1OC[C@H](O)CN1CCN(CC(=O)Nc2ccccc2C)CC1. The van der Waals surface area contributed by atoms with E-state index in [1.54, 1.807) is 7.11 Å². The van der Waals surface area contributed by atoms with Gasteiger partial charge in [0.05, 0.1) is 13.7 Å². The highest BCUT2D eigenvalue weighted by molar-refractivity contribution is 5.92. The van der Waals surface area contributed by atoms with Crippen LogP contribution in [0.3, 0.4) is 0 Å². The largest absolute Gasteiger partial charge is 0.493 e. The number of nitrogens with zero attached hydrogens (tertiary/aromatic N) is 2. The summed E-state index contributed by atoms with van der Waals surface area (Å²) in [4.78, 5) is 16.7. The van der Waals surface area contributed by atoms with Crippen LogP contribution in [0.5, 0.6) is 11.5 Å². The van der Waals surface area contributed by atoms with E-state index in [9.17, 15) is 9.90 Å². The fourth-order valence-corrected chi connectivity index (χ4v) is 3.51. The third-order valence-electron chi connectivity index (χ3n) is 5.22. The molecule has 0 aliphatic carbocycles. The molecule has 162 valence electrons. The van der Waals surface area contributed by atoms with Crippen LogP contribution in [0, 0.1) is 6.92 Å². The molecule has 1 heterocycles. The van der Waals surface area contributed by atoms with Crippen molar-refractivity contribution >= 4 is 11.6 Å². The van der Waals surface area contributed by atoms with E-state index in [1.165, 1.54) is 0 Å². The number of hydrogen-bond donors (Lipinski definition) is 2. The molecule has 1 saturated heterocycles. The summed E-state index contributed by atoms with van der Waals surface area (Å²) in [6.45, 7) is 6.31. The summed E-state index contributed by atoms with van der Waals surface area (Å²) in [5, 5.41) is 13.3. The molecule has 1 atom stereocenters. The second kappa shape index (κ2) is 11.0. The number of methoxy groups -OCH3 is 1. The van der Waals surface area contributed by atoms with Crippen molar-refractivity contribution in [3.63, 3.8) is 0 Å². The van der Waals surface area contributed by atoms with Crippen LogP contribution in [-0.2, 0) is 4.79 Å². The number of benzene rings is 2. The number of hydrogen-bond acceptors (Lipinski definition) is 6. The fourth-order valence-electron chi connectivity index (χ4n) is 3.51. The van der Waals surface area contributed by atoms with Gasteiger partial charge in [0.25, 0.3) is 0 Å². The van der Waals surface area contributed by atoms with Gasteiger partial charge in [-0.3, -0.25) is 14.6 Å². The first-order valence-electron chi connectivity index (χ1n) is 10.3. The van der Waals surface area contributed by atoms with Crippen molar-refractivity contribution in [3.05, 3.63) is 54.1 Å². The average molecular weight is 414 g/mol. The van der Waals surface area contributed by atoms with Crippen LogP contribution < -0.4 is 14.8 Å². The van der Waals surface area contributed by atoms with Crippen LogP contribution in [-0.4, -0.2) is 79.9 Å². The molecule has 7 heteroatoms. The molecule has 30 heavy (non-hydrogen) atoms. The summed E-state index contributed by atoms with van der Waals surface area (Å²) in [6.07, 6.45) is -0.592. The summed E-state index contributed by atoms with van der Waals surface area (Å²) >= 11 is 0. The molecule has 2 aromatic rings. The van der Waals surface area contributed by atoms with Gasteiger partial charge in [0.15, 0.2) is 11.5 Å². The van der Waals surface area contributed by atoms with Gasteiger partial charge in [-0.1, -0.05) is 30.3 Å².